The highest BCUT2D eigenvalue weighted by atomic mass is 32.2. The third kappa shape index (κ3) is 3.81. The van der Waals surface area contributed by atoms with Crippen molar-refractivity contribution in [3.63, 3.8) is 0 Å². The molecule has 2 amide bonds. The van der Waals surface area contributed by atoms with Crippen molar-refractivity contribution in [1.29, 1.82) is 0 Å². The molecule has 0 bridgehead atoms. The number of likely N-dealkylation sites (N-methyl/N-ethyl adjacent to an activating group) is 2. The minimum Gasteiger partial charge on any atom is -0.289 e. The van der Waals surface area contributed by atoms with Gasteiger partial charge in [0.15, 0.2) is 5.11 Å². The van der Waals surface area contributed by atoms with E-state index in [1.807, 2.05) is 23.9 Å². The summed E-state index contributed by atoms with van der Waals surface area (Å²) in [6, 6.07) is 8.15. The summed E-state index contributed by atoms with van der Waals surface area (Å²) in [5.41, 5.74) is 2.57. The van der Waals surface area contributed by atoms with Crippen LogP contribution in [0.3, 0.4) is 0 Å². The Balaban J connectivity index is 1.94. The van der Waals surface area contributed by atoms with E-state index in [1.54, 1.807) is 18.2 Å². The molecule has 29 heavy (non-hydrogen) atoms. The summed E-state index contributed by atoms with van der Waals surface area (Å²) in [6.07, 6.45) is 1.58. The minimum atomic E-state index is -0.442. The first-order valence-electron chi connectivity index (χ1n) is 8.55. The summed E-state index contributed by atoms with van der Waals surface area (Å²) in [4.78, 5) is 38.8. The molecule has 1 aromatic carbocycles. The zero-order valence-electron chi connectivity index (χ0n) is 16.2. The molecule has 2 aromatic rings. The molecule has 1 aliphatic heterocycles. The molecule has 0 radical (unpaired) electrons. The van der Waals surface area contributed by atoms with Crippen LogP contribution in [0, 0.1) is 24.0 Å². The van der Waals surface area contributed by atoms with Crippen molar-refractivity contribution >= 4 is 52.9 Å². The topological polar surface area (TPSA) is 88.7 Å². The fourth-order valence-corrected chi connectivity index (χ4v) is 3.99. The number of non-ortho nitro benzene ring substituents is 1. The molecule has 0 N–H and O–H groups in total. The highest BCUT2D eigenvalue weighted by molar-refractivity contribution is 7.98. The summed E-state index contributed by atoms with van der Waals surface area (Å²) < 4.78 is 1.95. The first-order chi connectivity index (χ1) is 13.6. The van der Waals surface area contributed by atoms with E-state index in [0.717, 1.165) is 21.8 Å². The second kappa shape index (κ2) is 7.80. The van der Waals surface area contributed by atoms with Crippen molar-refractivity contribution in [2.45, 2.75) is 18.7 Å². The number of carbonyl (C=O) groups is 2. The predicted molar refractivity (Wildman–Crippen MR) is 114 cm³/mol. The van der Waals surface area contributed by atoms with E-state index >= 15 is 0 Å². The van der Waals surface area contributed by atoms with E-state index < -0.39 is 16.7 Å². The van der Waals surface area contributed by atoms with Crippen LogP contribution < -0.4 is 0 Å². The fourth-order valence-electron chi connectivity index (χ4n) is 2.92. The molecular weight excluding hydrogens is 412 g/mol. The second-order valence-electron chi connectivity index (χ2n) is 6.53. The van der Waals surface area contributed by atoms with Crippen LogP contribution in [0.4, 0.5) is 5.69 Å². The van der Waals surface area contributed by atoms with Gasteiger partial charge in [0, 0.05) is 42.5 Å². The SMILES string of the molecule is Cc1cc(C=C2C(=O)N(C)C(=S)N(C)C2=O)c(C)n1Sc1ccc([N+](=O)[O-])cc1. The summed E-state index contributed by atoms with van der Waals surface area (Å²) in [5, 5.41) is 11.0. The number of rotatable bonds is 4. The molecule has 150 valence electrons. The van der Waals surface area contributed by atoms with Crippen LogP contribution >= 0.6 is 24.2 Å². The molecule has 1 saturated heterocycles. The maximum atomic E-state index is 12.5. The van der Waals surface area contributed by atoms with Crippen LogP contribution in [0.15, 0.2) is 40.8 Å². The average molecular weight is 431 g/mol. The molecule has 0 atom stereocenters. The van der Waals surface area contributed by atoms with Crippen LogP contribution in [-0.4, -0.2) is 49.7 Å². The Morgan fingerprint density at radius 1 is 1.07 bits per heavy atom. The van der Waals surface area contributed by atoms with Gasteiger partial charge in [0.2, 0.25) is 0 Å². The van der Waals surface area contributed by atoms with Gasteiger partial charge >= 0.3 is 0 Å². The Kier molecular flexibility index (Phi) is 5.58. The minimum absolute atomic E-state index is 0.0289. The van der Waals surface area contributed by atoms with Crippen LogP contribution in [0.1, 0.15) is 17.0 Å². The van der Waals surface area contributed by atoms with E-state index in [9.17, 15) is 19.7 Å². The van der Waals surface area contributed by atoms with E-state index in [4.69, 9.17) is 12.2 Å². The molecule has 0 spiro atoms. The highest BCUT2D eigenvalue weighted by Gasteiger charge is 2.35. The summed E-state index contributed by atoms with van der Waals surface area (Å²) in [6.45, 7) is 3.79. The van der Waals surface area contributed by atoms with Gasteiger partial charge in [-0.25, -0.2) is 0 Å². The van der Waals surface area contributed by atoms with Gasteiger partial charge in [-0.05, 0) is 67.9 Å². The predicted octanol–water partition coefficient (Wildman–Crippen LogP) is 3.17. The molecule has 0 unspecified atom stereocenters. The van der Waals surface area contributed by atoms with Crippen molar-refractivity contribution in [2.24, 2.45) is 0 Å². The monoisotopic (exact) mass is 430 g/mol. The van der Waals surface area contributed by atoms with E-state index in [0.29, 0.717) is 0 Å². The number of amides is 2. The molecule has 3 rings (SSSR count). The number of thiocarbonyl (C=S) groups is 1. The third-order valence-corrected chi connectivity index (χ3v) is 6.37. The van der Waals surface area contributed by atoms with Crippen molar-refractivity contribution < 1.29 is 14.5 Å². The maximum absolute atomic E-state index is 12.5. The normalized spacial score (nSPS) is 14.6. The first-order valence-corrected chi connectivity index (χ1v) is 9.73. The Labute approximate surface area is 177 Å². The van der Waals surface area contributed by atoms with Crippen LogP contribution in [0.25, 0.3) is 6.08 Å². The van der Waals surface area contributed by atoms with Crippen LogP contribution in [-0.2, 0) is 9.59 Å². The van der Waals surface area contributed by atoms with Gasteiger partial charge in [0.1, 0.15) is 5.57 Å². The number of benzene rings is 1. The summed E-state index contributed by atoms with van der Waals surface area (Å²) in [7, 11) is 3.07. The lowest BCUT2D eigenvalue weighted by atomic mass is 10.1. The van der Waals surface area contributed by atoms with Crippen molar-refractivity contribution in [3.05, 3.63) is 63.0 Å². The standard InChI is InChI=1S/C19H18N4O4S2/c1-11-9-13(10-16-17(24)20(3)19(28)21(4)18(16)25)12(2)22(11)29-15-7-5-14(6-8-15)23(26)27/h5-10H,1-4H3. The van der Waals surface area contributed by atoms with Crippen molar-refractivity contribution in [1.82, 2.24) is 13.8 Å². The Morgan fingerprint density at radius 2 is 1.62 bits per heavy atom. The van der Waals surface area contributed by atoms with E-state index in [1.165, 1.54) is 48.0 Å². The number of nitrogens with zero attached hydrogens (tertiary/aromatic N) is 4. The zero-order chi connectivity index (χ0) is 21.5. The van der Waals surface area contributed by atoms with Gasteiger partial charge in [0.25, 0.3) is 17.5 Å². The number of aryl methyl sites for hydroxylation is 1. The lowest BCUT2D eigenvalue weighted by molar-refractivity contribution is -0.384. The molecular formula is C19H18N4O4S2. The van der Waals surface area contributed by atoms with Gasteiger partial charge in [-0.15, -0.1) is 0 Å². The molecule has 1 aromatic heterocycles. The molecule has 0 saturated carbocycles. The molecule has 10 heteroatoms. The van der Waals surface area contributed by atoms with Gasteiger partial charge in [-0.1, -0.05) is 0 Å². The Bertz CT molecular complexity index is 1050. The number of hydrogen-bond donors (Lipinski definition) is 0. The fraction of sp³-hybridized carbons (Fsp3) is 0.211. The van der Waals surface area contributed by atoms with Gasteiger partial charge in [0.05, 0.1) is 4.92 Å². The summed E-state index contributed by atoms with van der Waals surface area (Å²) in [5.74, 6) is -0.878. The number of nitro groups is 1. The number of aromatic nitrogens is 1. The number of nitro benzene ring substituents is 1. The second-order valence-corrected chi connectivity index (χ2v) is 7.92. The first kappa shape index (κ1) is 20.7. The largest absolute Gasteiger partial charge is 0.289 e. The Hall–Kier alpha value is -2.98. The zero-order valence-corrected chi connectivity index (χ0v) is 17.8. The van der Waals surface area contributed by atoms with Crippen molar-refractivity contribution in [3.8, 4) is 0 Å². The maximum Gasteiger partial charge on any atom is 0.269 e. The molecule has 1 aliphatic rings. The van der Waals surface area contributed by atoms with Gasteiger partial charge in [-0.2, -0.15) is 0 Å². The molecule has 1 fully saturated rings. The van der Waals surface area contributed by atoms with E-state index in [-0.39, 0.29) is 16.4 Å². The lowest BCUT2D eigenvalue weighted by Gasteiger charge is -2.31. The lowest BCUT2D eigenvalue weighted by Crippen LogP contribution is -2.52. The highest BCUT2D eigenvalue weighted by Crippen LogP contribution is 2.30. The Morgan fingerprint density at radius 3 is 2.14 bits per heavy atom. The average Bonchev–Trinajstić information content (AvgIpc) is 2.96. The number of hydrogen-bond acceptors (Lipinski definition) is 6. The van der Waals surface area contributed by atoms with Gasteiger partial charge < -0.3 is 0 Å². The van der Waals surface area contributed by atoms with Crippen LogP contribution in [0.5, 0.6) is 0 Å². The third-order valence-electron chi connectivity index (χ3n) is 4.60. The van der Waals surface area contributed by atoms with Gasteiger partial charge in [-0.3, -0.25) is 33.5 Å². The number of carbonyl (C=O) groups excluding carboxylic acids is 2. The molecule has 0 aliphatic carbocycles. The quantitative estimate of drug-likeness (QED) is 0.243. The van der Waals surface area contributed by atoms with Crippen LogP contribution in [0.2, 0.25) is 0 Å². The molecule has 2 heterocycles. The summed E-state index contributed by atoms with van der Waals surface area (Å²) >= 11 is 6.51. The van der Waals surface area contributed by atoms with Crippen molar-refractivity contribution in [2.75, 3.05) is 14.1 Å². The van der Waals surface area contributed by atoms with E-state index in [2.05, 4.69) is 0 Å². The molecule has 8 nitrogen and oxygen atoms in total. The smallest absolute Gasteiger partial charge is 0.269 e.